The van der Waals surface area contributed by atoms with Gasteiger partial charge in [0.25, 0.3) is 0 Å². The second kappa shape index (κ2) is 3.29. The van der Waals surface area contributed by atoms with Gasteiger partial charge in [-0.05, 0) is 24.7 Å². The molecule has 0 aromatic heterocycles. The van der Waals surface area contributed by atoms with E-state index in [0.717, 1.165) is 25.7 Å². The van der Waals surface area contributed by atoms with Crippen LogP contribution < -0.4 is 0 Å². The third kappa shape index (κ3) is 1.44. The highest BCUT2D eigenvalue weighted by atomic mass is 35.5. The molecule has 0 aromatic carbocycles. The number of fused-ring (bicyclic) bond motifs is 1. The molecule has 0 aromatic rings. The van der Waals surface area contributed by atoms with Crippen LogP contribution in [0.25, 0.3) is 0 Å². The van der Waals surface area contributed by atoms with Gasteiger partial charge in [-0.2, -0.15) is 13.2 Å². The summed E-state index contributed by atoms with van der Waals surface area (Å²) in [5.41, 5.74) is 0. The molecule has 0 amide bonds. The number of alkyl halides is 4. The number of rotatable bonds is 0. The Labute approximate surface area is 86.8 Å². The largest absolute Gasteiger partial charge is 0.408 e. The predicted molar refractivity (Wildman–Crippen MR) is 49.3 cm³/mol. The van der Waals surface area contributed by atoms with Crippen LogP contribution in [0.4, 0.5) is 13.2 Å². The van der Waals surface area contributed by atoms with Crippen molar-refractivity contribution in [1.29, 1.82) is 0 Å². The van der Waals surface area contributed by atoms with E-state index in [4.69, 9.17) is 11.6 Å². The SMILES string of the molecule is FC(F)(F)C1(Cl)C2CCCCCCC21. The van der Waals surface area contributed by atoms with Gasteiger partial charge in [-0.3, -0.25) is 0 Å². The lowest BCUT2D eigenvalue weighted by molar-refractivity contribution is -0.144. The van der Waals surface area contributed by atoms with Crippen LogP contribution in [0.1, 0.15) is 38.5 Å². The molecule has 0 nitrogen and oxygen atoms in total. The summed E-state index contributed by atoms with van der Waals surface area (Å²) < 4.78 is 38.0. The third-order valence-electron chi connectivity index (χ3n) is 3.67. The van der Waals surface area contributed by atoms with E-state index in [1.807, 2.05) is 0 Å². The average molecular weight is 227 g/mol. The van der Waals surface area contributed by atoms with Crippen LogP contribution in [0.2, 0.25) is 0 Å². The molecule has 2 atom stereocenters. The molecule has 0 aliphatic heterocycles. The Hall–Kier alpha value is 0.0800. The van der Waals surface area contributed by atoms with Crippen molar-refractivity contribution in [2.45, 2.75) is 49.6 Å². The zero-order valence-electron chi connectivity index (χ0n) is 7.91. The number of hydrogen-bond acceptors (Lipinski definition) is 0. The Morgan fingerprint density at radius 1 is 0.929 bits per heavy atom. The highest BCUT2D eigenvalue weighted by molar-refractivity contribution is 6.27. The summed E-state index contributed by atoms with van der Waals surface area (Å²) in [6, 6.07) is 0. The molecule has 2 aliphatic rings. The summed E-state index contributed by atoms with van der Waals surface area (Å²) in [5, 5.41) is 0. The fourth-order valence-electron chi connectivity index (χ4n) is 2.82. The van der Waals surface area contributed by atoms with Crippen molar-refractivity contribution in [3.8, 4) is 0 Å². The van der Waals surface area contributed by atoms with Crippen LogP contribution in [-0.2, 0) is 0 Å². The van der Waals surface area contributed by atoms with Gasteiger partial charge < -0.3 is 0 Å². The van der Waals surface area contributed by atoms with Crippen LogP contribution in [0, 0.1) is 11.8 Å². The van der Waals surface area contributed by atoms with Gasteiger partial charge in [0.1, 0.15) is 4.87 Å². The number of halogens is 4. The molecule has 0 bridgehead atoms. The highest BCUT2D eigenvalue weighted by Crippen LogP contribution is 2.67. The Morgan fingerprint density at radius 2 is 1.36 bits per heavy atom. The average Bonchev–Trinajstić information content (AvgIpc) is 2.53. The Bertz CT molecular complexity index is 210. The zero-order valence-corrected chi connectivity index (χ0v) is 8.67. The summed E-state index contributed by atoms with van der Waals surface area (Å²) >= 11 is 5.71. The van der Waals surface area contributed by atoms with Crippen molar-refractivity contribution < 1.29 is 13.2 Å². The van der Waals surface area contributed by atoms with Gasteiger partial charge >= 0.3 is 6.18 Å². The fourth-order valence-corrected chi connectivity index (χ4v) is 3.28. The van der Waals surface area contributed by atoms with E-state index >= 15 is 0 Å². The molecular formula is C10H14ClF3. The second-order valence-corrected chi connectivity index (χ2v) is 5.10. The van der Waals surface area contributed by atoms with Gasteiger partial charge in [-0.25, -0.2) is 0 Å². The molecular weight excluding hydrogens is 213 g/mol. The molecule has 0 radical (unpaired) electrons. The molecule has 0 heterocycles. The molecule has 2 fully saturated rings. The van der Waals surface area contributed by atoms with Crippen molar-refractivity contribution in [1.82, 2.24) is 0 Å². The molecule has 2 unspecified atom stereocenters. The molecule has 2 saturated carbocycles. The maximum absolute atomic E-state index is 12.7. The van der Waals surface area contributed by atoms with E-state index in [1.54, 1.807) is 0 Å². The van der Waals surface area contributed by atoms with Crippen LogP contribution >= 0.6 is 11.6 Å². The first kappa shape index (κ1) is 10.6. The highest BCUT2D eigenvalue weighted by Gasteiger charge is 2.76. The quantitative estimate of drug-likeness (QED) is 0.545. The molecule has 0 saturated heterocycles. The Kier molecular flexibility index (Phi) is 2.49. The normalized spacial score (nSPS) is 43.7. The van der Waals surface area contributed by atoms with Gasteiger partial charge in [0, 0.05) is 0 Å². The van der Waals surface area contributed by atoms with E-state index in [1.165, 1.54) is 0 Å². The topological polar surface area (TPSA) is 0 Å². The van der Waals surface area contributed by atoms with Gasteiger partial charge in [-0.1, -0.05) is 25.7 Å². The van der Waals surface area contributed by atoms with Gasteiger partial charge in [0.05, 0.1) is 0 Å². The first-order valence-electron chi connectivity index (χ1n) is 5.23. The Morgan fingerprint density at radius 3 is 1.71 bits per heavy atom. The summed E-state index contributed by atoms with van der Waals surface area (Å²) in [5.74, 6) is -0.603. The maximum Gasteiger partial charge on any atom is 0.408 e. The zero-order chi connectivity index (χ0) is 10.4. The molecule has 14 heavy (non-hydrogen) atoms. The summed E-state index contributed by atoms with van der Waals surface area (Å²) in [4.78, 5) is -1.86. The monoisotopic (exact) mass is 226 g/mol. The first-order valence-corrected chi connectivity index (χ1v) is 5.61. The van der Waals surface area contributed by atoms with Crippen molar-refractivity contribution in [3.63, 3.8) is 0 Å². The van der Waals surface area contributed by atoms with E-state index in [0.29, 0.717) is 12.8 Å². The van der Waals surface area contributed by atoms with Crippen molar-refractivity contribution in [2.75, 3.05) is 0 Å². The minimum atomic E-state index is -4.21. The van der Waals surface area contributed by atoms with Crippen LogP contribution in [-0.4, -0.2) is 11.1 Å². The van der Waals surface area contributed by atoms with E-state index in [9.17, 15) is 13.2 Å². The summed E-state index contributed by atoms with van der Waals surface area (Å²) in [6.07, 6.45) is 1.05. The van der Waals surface area contributed by atoms with Gasteiger partial charge in [0.2, 0.25) is 0 Å². The van der Waals surface area contributed by atoms with E-state index in [-0.39, 0.29) is 11.8 Å². The van der Waals surface area contributed by atoms with Crippen LogP contribution in [0.15, 0.2) is 0 Å². The van der Waals surface area contributed by atoms with E-state index < -0.39 is 11.1 Å². The fraction of sp³-hybridized carbons (Fsp3) is 1.00. The molecule has 2 rings (SSSR count). The molecule has 0 spiro atoms. The summed E-state index contributed by atoms with van der Waals surface area (Å²) in [7, 11) is 0. The lowest BCUT2D eigenvalue weighted by atomic mass is 10.0. The van der Waals surface area contributed by atoms with Gasteiger partial charge in [0.15, 0.2) is 0 Å². The molecule has 2 aliphatic carbocycles. The van der Waals surface area contributed by atoms with Crippen LogP contribution in [0.5, 0.6) is 0 Å². The maximum atomic E-state index is 12.7. The molecule has 82 valence electrons. The van der Waals surface area contributed by atoms with Crippen molar-refractivity contribution in [3.05, 3.63) is 0 Å². The minimum Gasteiger partial charge on any atom is -0.169 e. The third-order valence-corrected chi connectivity index (χ3v) is 4.45. The van der Waals surface area contributed by atoms with E-state index in [2.05, 4.69) is 0 Å². The second-order valence-electron chi connectivity index (χ2n) is 4.47. The van der Waals surface area contributed by atoms with Crippen molar-refractivity contribution >= 4 is 11.6 Å². The predicted octanol–water partition coefficient (Wildman–Crippen LogP) is 4.13. The smallest absolute Gasteiger partial charge is 0.169 e. The lowest BCUT2D eigenvalue weighted by Gasteiger charge is -2.14. The Balaban J connectivity index is 2.09. The standard InChI is InChI=1S/C10H14ClF3/c11-9(10(12,13)14)7-5-3-1-2-4-6-8(7)9/h7-8H,1-6H2. The van der Waals surface area contributed by atoms with Gasteiger partial charge in [-0.15, -0.1) is 11.6 Å². The van der Waals surface area contributed by atoms with Crippen molar-refractivity contribution in [2.24, 2.45) is 11.8 Å². The molecule has 0 N–H and O–H groups in total. The molecule has 4 heteroatoms. The number of hydrogen-bond donors (Lipinski definition) is 0. The minimum absolute atomic E-state index is 0.301. The summed E-state index contributed by atoms with van der Waals surface area (Å²) in [6.45, 7) is 0. The first-order chi connectivity index (χ1) is 6.48. The lowest BCUT2D eigenvalue weighted by Crippen LogP contribution is -2.29. The van der Waals surface area contributed by atoms with Crippen LogP contribution in [0.3, 0.4) is 0 Å².